The molecule has 190 valence electrons. The van der Waals surface area contributed by atoms with Crippen molar-refractivity contribution in [2.45, 2.75) is 70.4 Å². The summed E-state index contributed by atoms with van der Waals surface area (Å²) in [7, 11) is 0. The number of carbonyl (C=O) groups excluding carboxylic acids is 4. The zero-order valence-corrected chi connectivity index (χ0v) is 19.5. The van der Waals surface area contributed by atoms with Crippen LogP contribution in [0.2, 0.25) is 0 Å². The fraction of sp³-hybridized carbons (Fsp3) is 0.773. The number of amides is 4. The van der Waals surface area contributed by atoms with Gasteiger partial charge in [-0.05, 0) is 19.3 Å². The maximum atomic E-state index is 13.1. The van der Waals surface area contributed by atoms with Gasteiger partial charge < -0.3 is 31.6 Å². The van der Waals surface area contributed by atoms with Crippen molar-refractivity contribution in [1.82, 2.24) is 16.0 Å². The van der Waals surface area contributed by atoms with Gasteiger partial charge >= 0.3 is 0 Å². The minimum absolute atomic E-state index is 0.241. The van der Waals surface area contributed by atoms with E-state index in [9.17, 15) is 19.2 Å². The monoisotopic (exact) mass is 480 g/mol. The summed E-state index contributed by atoms with van der Waals surface area (Å²) in [6.45, 7) is 1.46. The second kappa shape index (κ2) is 11.6. The Kier molecular flexibility index (Phi) is 8.84. The molecule has 3 aliphatic rings. The molecule has 0 aromatic carbocycles. The molecular weight excluding hydrogens is 444 g/mol. The molecule has 1 aliphatic heterocycles. The lowest BCUT2D eigenvalue weighted by molar-refractivity contribution is -0.141. The number of rotatable bonds is 12. The van der Waals surface area contributed by atoms with Crippen LogP contribution in [-0.4, -0.2) is 61.2 Å². The van der Waals surface area contributed by atoms with E-state index in [2.05, 4.69) is 22.9 Å². The van der Waals surface area contributed by atoms with Crippen molar-refractivity contribution >= 4 is 29.6 Å². The normalized spacial score (nSPS) is 31.0. The fourth-order valence-electron chi connectivity index (χ4n) is 5.58. The number of hydrogen-bond acceptors (Lipinski definition) is 7. The Hall–Kier alpha value is -2.73. The molecule has 3 fully saturated rings. The number of primary amides is 1. The highest BCUT2D eigenvalue weighted by Crippen LogP contribution is 2.57. The molecule has 7 unspecified atom stereocenters. The van der Waals surface area contributed by atoms with Crippen LogP contribution < -0.4 is 27.4 Å². The molecule has 12 heteroatoms. The van der Waals surface area contributed by atoms with Gasteiger partial charge in [0.25, 0.3) is 0 Å². The van der Waals surface area contributed by atoms with Gasteiger partial charge in [-0.15, -0.1) is 0 Å². The lowest BCUT2D eigenvalue weighted by atomic mass is 9.75. The first-order valence-corrected chi connectivity index (χ1v) is 12.0. The summed E-state index contributed by atoms with van der Waals surface area (Å²) in [6.07, 6.45) is 6.01. The molecular formula is C22H36N6O6. The van der Waals surface area contributed by atoms with Crippen LogP contribution in [0.15, 0.2) is 0 Å². The quantitative estimate of drug-likeness (QED) is 0.118. The summed E-state index contributed by atoms with van der Waals surface area (Å²) in [4.78, 5) is 49.0. The van der Waals surface area contributed by atoms with Crippen LogP contribution in [-0.2, 0) is 28.7 Å². The first kappa shape index (κ1) is 25.9. The third-order valence-corrected chi connectivity index (χ3v) is 6.92. The topological polar surface area (TPSA) is 199 Å². The van der Waals surface area contributed by atoms with Gasteiger partial charge in [-0.1, -0.05) is 32.6 Å². The number of guanidine groups is 1. The van der Waals surface area contributed by atoms with E-state index in [1.807, 2.05) is 0 Å². The van der Waals surface area contributed by atoms with Gasteiger partial charge in [-0.2, -0.15) is 0 Å². The minimum Gasteiger partial charge on any atom is -0.370 e. The van der Waals surface area contributed by atoms with Gasteiger partial charge in [0.1, 0.15) is 0 Å². The Morgan fingerprint density at radius 3 is 1.97 bits per heavy atom. The van der Waals surface area contributed by atoms with Gasteiger partial charge in [-0.25, -0.2) is 0 Å². The first-order valence-electron chi connectivity index (χ1n) is 12.0. The Bertz CT molecular complexity index is 807. The third-order valence-electron chi connectivity index (χ3n) is 6.92. The van der Waals surface area contributed by atoms with Crippen LogP contribution in [0, 0.1) is 29.1 Å². The number of fused-ring (bicyclic) bond motifs is 5. The van der Waals surface area contributed by atoms with Crippen molar-refractivity contribution < 1.29 is 28.7 Å². The van der Waals surface area contributed by atoms with Crippen molar-refractivity contribution in [2.75, 3.05) is 13.1 Å². The second-order valence-electron chi connectivity index (χ2n) is 9.31. The predicted molar refractivity (Wildman–Crippen MR) is 121 cm³/mol. The van der Waals surface area contributed by atoms with Crippen LogP contribution >= 0.6 is 0 Å². The number of ether oxygens (including phenoxy) is 2. The highest BCUT2D eigenvalue weighted by molar-refractivity contribution is 5.98. The number of unbranched alkanes of at least 4 members (excludes halogenated alkanes) is 4. The Morgan fingerprint density at radius 2 is 1.44 bits per heavy atom. The molecule has 0 aromatic rings. The Balaban J connectivity index is 1.66. The van der Waals surface area contributed by atoms with E-state index in [-0.39, 0.29) is 43.4 Å². The van der Waals surface area contributed by atoms with Crippen LogP contribution in [0.25, 0.3) is 0 Å². The van der Waals surface area contributed by atoms with Crippen molar-refractivity contribution in [2.24, 2.45) is 35.1 Å². The fourth-order valence-corrected chi connectivity index (χ4v) is 5.58. The van der Waals surface area contributed by atoms with Crippen LogP contribution in [0.1, 0.15) is 51.9 Å². The van der Waals surface area contributed by atoms with Gasteiger partial charge in [0, 0.05) is 11.8 Å². The van der Waals surface area contributed by atoms with Crippen LogP contribution in [0.4, 0.5) is 0 Å². The van der Waals surface area contributed by atoms with E-state index >= 15 is 0 Å². The number of carbonyl (C=O) groups is 4. The van der Waals surface area contributed by atoms with Crippen LogP contribution in [0.3, 0.4) is 0 Å². The maximum absolute atomic E-state index is 13.1. The van der Waals surface area contributed by atoms with Gasteiger partial charge in [0.15, 0.2) is 12.2 Å². The van der Waals surface area contributed by atoms with Crippen molar-refractivity contribution in [1.29, 1.82) is 5.41 Å². The lowest BCUT2D eigenvalue weighted by Crippen LogP contribution is -2.53. The van der Waals surface area contributed by atoms with Gasteiger partial charge in [0.2, 0.25) is 23.6 Å². The van der Waals surface area contributed by atoms with Crippen molar-refractivity contribution in [3.05, 3.63) is 0 Å². The molecule has 34 heavy (non-hydrogen) atoms. The van der Waals surface area contributed by atoms with E-state index in [0.29, 0.717) is 6.42 Å². The van der Waals surface area contributed by atoms with Crippen molar-refractivity contribution in [3.63, 3.8) is 0 Å². The highest BCUT2D eigenvalue weighted by Gasteiger charge is 2.66. The molecule has 2 bridgehead atoms. The van der Waals surface area contributed by atoms with Crippen LogP contribution in [0.5, 0.6) is 0 Å². The molecule has 0 aromatic heterocycles. The molecule has 4 amide bonds. The molecule has 2 saturated carbocycles. The SMILES string of the molecule is CCCCCCCC1OC2C3CC(C2O1)C(C(=O)NCC(=O)NC(=N)N)C3C(=O)NCC(N)=O. The second-order valence-corrected chi connectivity index (χ2v) is 9.31. The summed E-state index contributed by atoms with van der Waals surface area (Å²) in [5, 5.41) is 14.3. The number of hydrogen-bond donors (Lipinski definition) is 6. The summed E-state index contributed by atoms with van der Waals surface area (Å²) < 4.78 is 12.4. The molecule has 0 spiro atoms. The third kappa shape index (κ3) is 6.03. The summed E-state index contributed by atoms with van der Waals surface area (Å²) in [6, 6.07) is 0. The van der Waals surface area contributed by atoms with Crippen molar-refractivity contribution in [3.8, 4) is 0 Å². The standard InChI is InChI=1S/C22H36N6O6/c1-2-3-4-5-6-7-15-33-18-11-8-12(19(18)34-15)17(16(11)20(31)26-9-13(23)29)21(32)27-10-14(30)28-22(24)25/h11-12,15-19H,2-10H2,1H3,(H2,23,29)(H,26,31)(H,27,32)(H4,24,25,28,30). The highest BCUT2D eigenvalue weighted by atomic mass is 16.7. The largest absolute Gasteiger partial charge is 0.370 e. The maximum Gasteiger partial charge on any atom is 0.246 e. The summed E-state index contributed by atoms with van der Waals surface area (Å²) in [5.41, 5.74) is 10.3. The van der Waals surface area contributed by atoms with E-state index in [1.54, 1.807) is 0 Å². The predicted octanol–water partition coefficient (Wildman–Crippen LogP) is -0.934. The number of nitrogens with one attached hydrogen (secondary N) is 4. The Morgan fingerprint density at radius 1 is 0.882 bits per heavy atom. The number of nitrogens with two attached hydrogens (primary N) is 2. The molecule has 8 N–H and O–H groups in total. The molecule has 2 aliphatic carbocycles. The zero-order valence-electron chi connectivity index (χ0n) is 19.5. The smallest absolute Gasteiger partial charge is 0.246 e. The lowest BCUT2D eigenvalue weighted by Gasteiger charge is -2.34. The van der Waals surface area contributed by atoms with Gasteiger partial charge in [0.05, 0.1) is 37.1 Å². The summed E-state index contributed by atoms with van der Waals surface area (Å²) in [5.74, 6) is -4.71. The van der Waals surface area contributed by atoms with E-state index in [4.69, 9.17) is 26.4 Å². The van der Waals surface area contributed by atoms with E-state index < -0.39 is 41.4 Å². The first-order chi connectivity index (χ1) is 16.2. The van der Waals surface area contributed by atoms with E-state index in [0.717, 1.165) is 19.3 Å². The molecule has 7 atom stereocenters. The van der Waals surface area contributed by atoms with E-state index in [1.165, 1.54) is 19.3 Å². The van der Waals surface area contributed by atoms with Gasteiger partial charge in [-0.3, -0.25) is 29.9 Å². The Labute approximate surface area is 198 Å². The summed E-state index contributed by atoms with van der Waals surface area (Å²) >= 11 is 0. The average Bonchev–Trinajstić information content (AvgIpc) is 3.45. The molecule has 0 radical (unpaired) electrons. The molecule has 1 heterocycles. The molecule has 1 saturated heterocycles. The minimum atomic E-state index is -0.740. The average molecular weight is 481 g/mol. The molecule has 12 nitrogen and oxygen atoms in total. The molecule has 3 rings (SSSR count). The zero-order chi connectivity index (χ0) is 24.8.